The van der Waals surface area contributed by atoms with Crippen molar-refractivity contribution in [2.45, 2.75) is 12.2 Å². The van der Waals surface area contributed by atoms with E-state index in [0.717, 1.165) is 0 Å². The van der Waals surface area contributed by atoms with Crippen molar-refractivity contribution in [1.29, 1.82) is 0 Å². The van der Waals surface area contributed by atoms with Crippen LogP contribution in [0.15, 0.2) is 24.3 Å². The molecule has 0 saturated carbocycles. The van der Waals surface area contributed by atoms with Crippen molar-refractivity contribution in [3.63, 3.8) is 0 Å². The van der Waals surface area contributed by atoms with E-state index in [0.29, 0.717) is 11.1 Å². The predicted molar refractivity (Wildman–Crippen MR) is 54.5 cm³/mol. The second-order valence-corrected chi connectivity index (χ2v) is 3.06. The predicted octanol–water partition coefficient (Wildman–Crippen LogP) is -0.453. The minimum Gasteiger partial charge on any atom is -0.385 e. The zero-order chi connectivity index (χ0) is 11.4. The zero-order valence-corrected chi connectivity index (χ0v) is 7.92. The summed E-state index contributed by atoms with van der Waals surface area (Å²) in [6, 6.07) is 6.27. The fraction of sp³-hybridized carbons (Fsp3) is 0.182. The van der Waals surface area contributed by atoms with Crippen molar-refractivity contribution in [3.8, 4) is 12.3 Å². The summed E-state index contributed by atoms with van der Waals surface area (Å²) >= 11 is 0. The smallest absolute Gasteiger partial charge is 0.249 e. The second kappa shape index (κ2) is 4.60. The van der Waals surface area contributed by atoms with Crippen LogP contribution in [0.1, 0.15) is 17.2 Å². The minimum absolute atomic E-state index is 0.389. The molecule has 4 heteroatoms. The highest BCUT2D eigenvalue weighted by atomic mass is 16.3. The van der Waals surface area contributed by atoms with E-state index in [2.05, 4.69) is 5.92 Å². The van der Waals surface area contributed by atoms with Crippen molar-refractivity contribution < 1.29 is 15.0 Å². The van der Waals surface area contributed by atoms with Gasteiger partial charge < -0.3 is 15.9 Å². The number of aliphatic hydroxyl groups excluding tert-OH is 2. The monoisotopic (exact) mass is 205 g/mol. The van der Waals surface area contributed by atoms with Crippen LogP contribution >= 0.6 is 0 Å². The molecule has 0 radical (unpaired) electrons. The Balaban J connectivity index is 2.88. The topological polar surface area (TPSA) is 83.6 Å². The average Bonchev–Trinajstić information content (AvgIpc) is 2.27. The van der Waals surface area contributed by atoms with Gasteiger partial charge in [-0.25, -0.2) is 0 Å². The summed E-state index contributed by atoms with van der Waals surface area (Å²) in [4.78, 5) is 10.6. The Labute approximate surface area is 87.3 Å². The molecule has 0 saturated heterocycles. The van der Waals surface area contributed by atoms with Gasteiger partial charge in [-0.3, -0.25) is 4.79 Å². The Kier molecular flexibility index (Phi) is 3.45. The van der Waals surface area contributed by atoms with Gasteiger partial charge in [0.15, 0.2) is 6.10 Å². The molecule has 0 heterocycles. The van der Waals surface area contributed by atoms with Gasteiger partial charge in [0.25, 0.3) is 0 Å². The molecule has 1 aromatic carbocycles. The Morgan fingerprint density at radius 1 is 1.33 bits per heavy atom. The summed E-state index contributed by atoms with van der Waals surface area (Å²) in [5.41, 5.74) is 5.89. The van der Waals surface area contributed by atoms with Gasteiger partial charge in [0.2, 0.25) is 5.91 Å². The minimum atomic E-state index is -1.61. The van der Waals surface area contributed by atoms with Gasteiger partial charge in [-0.1, -0.05) is 18.1 Å². The molecular weight excluding hydrogens is 194 g/mol. The number of hydrogen-bond donors (Lipinski definition) is 3. The van der Waals surface area contributed by atoms with Crippen molar-refractivity contribution in [3.05, 3.63) is 35.4 Å². The number of rotatable bonds is 3. The normalized spacial score (nSPS) is 13.9. The number of carbonyl (C=O) groups excluding carboxylic acids is 1. The number of carbonyl (C=O) groups is 1. The van der Waals surface area contributed by atoms with Gasteiger partial charge in [0.1, 0.15) is 6.10 Å². The van der Waals surface area contributed by atoms with Crippen molar-refractivity contribution in [1.82, 2.24) is 0 Å². The number of aliphatic hydroxyl groups is 2. The molecule has 1 rings (SSSR count). The van der Waals surface area contributed by atoms with E-state index in [9.17, 15) is 15.0 Å². The van der Waals surface area contributed by atoms with Crippen LogP contribution in [-0.2, 0) is 4.79 Å². The second-order valence-electron chi connectivity index (χ2n) is 3.06. The van der Waals surface area contributed by atoms with Crippen molar-refractivity contribution in [2.75, 3.05) is 0 Å². The van der Waals surface area contributed by atoms with Gasteiger partial charge in [0, 0.05) is 5.56 Å². The molecule has 78 valence electrons. The van der Waals surface area contributed by atoms with Gasteiger partial charge in [-0.2, -0.15) is 0 Å². The summed E-state index contributed by atoms with van der Waals surface area (Å²) in [7, 11) is 0. The molecule has 0 aliphatic heterocycles. The standard InChI is InChI=1S/C11H11NO3/c1-2-7-3-5-8(6-4-7)9(13)10(14)11(12)15/h1,3-6,9-10,13-14H,(H2,12,15). The summed E-state index contributed by atoms with van der Waals surface area (Å²) in [5.74, 6) is 1.44. The van der Waals surface area contributed by atoms with Crippen LogP contribution in [-0.4, -0.2) is 22.2 Å². The lowest BCUT2D eigenvalue weighted by Crippen LogP contribution is -2.33. The molecule has 2 unspecified atom stereocenters. The van der Waals surface area contributed by atoms with Gasteiger partial charge in [-0.15, -0.1) is 6.42 Å². The third-order valence-corrected chi connectivity index (χ3v) is 2.01. The lowest BCUT2D eigenvalue weighted by Gasteiger charge is -2.14. The highest BCUT2D eigenvalue weighted by molar-refractivity contribution is 5.79. The summed E-state index contributed by atoms with van der Waals surface area (Å²) in [6.07, 6.45) is 2.21. The van der Waals surface area contributed by atoms with Crippen LogP contribution in [0.5, 0.6) is 0 Å². The number of hydrogen-bond acceptors (Lipinski definition) is 3. The summed E-state index contributed by atoms with van der Waals surface area (Å²) < 4.78 is 0. The molecule has 4 N–H and O–H groups in total. The number of primary amides is 1. The van der Waals surface area contributed by atoms with E-state index in [-0.39, 0.29) is 0 Å². The number of terminal acetylenes is 1. The Bertz CT molecular complexity index is 391. The highest BCUT2D eigenvalue weighted by Gasteiger charge is 2.22. The van der Waals surface area contributed by atoms with E-state index in [1.54, 1.807) is 12.1 Å². The third-order valence-electron chi connectivity index (χ3n) is 2.01. The lowest BCUT2D eigenvalue weighted by molar-refractivity contribution is -0.131. The van der Waals surface area contributed by atoms with Gasteiger partial charge in [-0.05, 0) is 17.7 Å². The maximum Gasteiger partial charge on any atom is 0.249 e. The fourth-order valence-electron chi connectivity index (χ4n) is 1.11. The van der Waals surface area contributed by atoms with Crippen LogP contribution in [0.2, 0.25) is 0 Å². The third kappa shape index (κ3) is 2.56. The average molecular weight is 205 g/mol. The first-order chi connectivity index (χ1) is 7.06. The van der Waals surface area contributed by atoms with E-state index >= 15 is 0 Å². The van der Waals surface area contributed by atoms with E-state index < -0.39 is 18.1 Å². The maximum atomic E-state index is 10.6. The fourth-order valence-corrected chi connectivity index (χ4v) is 1.11. The molecule has 0 aliphatic carbocycles. The van der Waals surface area contributed by atoms with Crippen LogP contribution < -0.4 is 5.73 Å². The van der Waals surface area contributed by atoms with Crippen molar-refractivity contribution in [2.24, 2.45) is 5.73 Å². The van der Waals surface area contributed by atoms with Crippen LogP contribution in [0.3, 0.4) is 0 Å². The highest BCUT2D eigenvalue weighted by Crippen LogP contribution is 2.17. The molecule has 1 amide bonds. The Morgan fingerprint density at radius 2 is 1.87 bits per heavy atom. The first-order valence-electron chi connectivity index (χ1n) is 4.28. The molecular formula is C11H11NO3. The van der Waals surface area contributed by atoms with Gasteiger partial charge >= 0.3 is 0 Å². The molecule has 0 spiro atoms. The molecule has 0 bridgehead atoms. The Morgan fingerprint density at radius 3 is 2.27 bits per heavy atom. The van der Waals surface area contributed by atoms with E-state index in [1.807, 2.05) is 0 Å². The van der Waals surface area contributed by atoms with E-state index in [4.69, 9.17) is 12.2 Å². The summed E-state index contributed by atoms with van der Waals surface area (Å²) in [6.45, 7) is 0. The molecule has 4 nitrogen and oxygen atoms in total. The van der Waals surface area contributed by atoms with Crippen LogP contribution in [0.4, 0.5) is 0 Å². The first kappa shape index (κ1) is 11.2. The van der Waals surface area contributed by atoms with Crippen molar-refractivity contribution >= 4 is 5.91 Å². The largest absolute Gasteiger partial charge is 0.385 e. The summed E-state index contributed by atoms with van der Waals surface area (Å²) in [5, 5.41) is 18.7. The van der Waals surface area contributed by atoms with Crippen LogP contribution in [0, 0.1) is 12.3 Å². The van der Waals surface area contributed by atoms with Crippen LogP contribution in [0.25, 0.3) is 0 Å². The molecule has 1 aromatic rings. The van der Waals surface area contributed by atoms with E-state index in [1.165, 1.54) is 12.1 Å². The molecule has 0 aromatic heterocycles. The zero-order valence-electron chi connectivity index (χ0n) is 7.92. The molecule has 0 fully saturated rings. The quantitative estimate of drug-likeness (QED) is 0.584. The molecule has 0 aliphatic rings. The number of amides is 1. The number of nitrogens with two attached hydrogens (primary N) is 1. The lowest BCUT2D eigenvalue weighted by atomic mass is 10.0. The molecule has 2 atom stereocenters. The van der Waals surface area contributed by atoms with Gasteiger partial charge in [0.05, 0.1) is 0 Å². The Hall–Kier alpha value is -1.83. The SMILES string of the molecule is C#Cc1ccc(C(O)C(O)C(N)=O)cc1. The molecule has 15 heavy (non-hydrogen) atoms. The number of benzene rings is 1. The maximum absolute atomic E-state index is 10.6. The first-order valence-corrected chi connectivity index (χ1v) is 4.28.